The molecule has 60 valence electrons. The smallest absolute Gasteiger partial charge is 0.248 e. The maximum absolute atomic E-state index is 12.5. The standard InChI is InChI=1S/C7H12F2O/c1-10-6-2-4-7(8,9)5-3-6/h6H,2-5H2,1H3. The van der Waals surface area contributed by atoms with Gasteiger partial charge in [0, 0.05) is 20.0 Å². The van der Waals surface area contributed by atoms with Crippen LogP contribution >= 0.6 is 0 Å². The molecule has 0 N–H and O–H groups in total. The van der Waals surface area contributed by atoms with Gasteiger partial charge in [-0.05, 0) is 12.8 Å². The molecule has 0 radical (unpaired) electrons. The molecule has 0 saturated heterocycles. The molecule has 3 heteroatoms. The molecular formula is C7H12F2O. The monoisotopic (exact) mass is 150 g/mol. The summed E-state index contributed by atoms with van der Waals surface area (Å²) in [6, 6.07) is 0. The van der Waals surface area contributed by atoms with Crippen LogP contribution < -0.4 is 0 Å². The zero-order chi connectivity index (χ0) is 7.61. The second-order valence-electron chi connectivity index (χ2n) is 2.79. The van der Waals surface area contributed by atoms with Gasteiger partial charge in [0.25, 0.3) is 0 Å². The molecule has 1 rings (SSSR count). The van der Waals surface area contributed by atoms with Gasteiger partial charge in [0.05, 0.1) is 6.10 Å². The van der Waals surface area contributed by atoms with Crippen molar-refractivity contribution in [3.8, 4) is 0 Å². The van der Waals surface area contributed by atoms with Crippen molar-refractivity contribution in [1.29, 1.82) is 0 Å². The Morgan fingerprint density at radius 2 is 1.80 bits per heavy atom. The Labute approximate surface area is 59.4 Å². The Balaban J connectivity index is 2.31. The number of methoxy groups -OCH3 is 1. The van der Waals surface area contributed by atoms with E-state index in [-0.39, 0.29) is 18.9 Å². The molecule has 0 aromatic rings. The number of halogens is 2. The number of rotatable bonds is 1. The summed E-state index contributed by atoms with van der Waals surface area (Å²) in [5.74, 6) is -2.42. The molecule has 0 aromatic heterocycles. The highest BCUT2D eigenvalue weighted by Crippen LogP contribution is 2.33. The van der Waals surface area contributed by atoms with Crippen LogP contribution in [-0.4, -0.2) is 19.1 Å². The van der Waals surface area contributed by atoms with Crippen molar-refractivity contribution in [1.82, 2.24) is 0 Å². The van der Waals surface area contributed by atoms with Gasteiger partial charge in [-0.3, -0.25) is 0 Å². The molecule has 0 heterocycles. The molecule has 1 nitrogen and oxygen atoms in total. The first-order chi connectivity index (χ1) is 4.64. The normalized spacial score (nSPS) is 26.7. The number of hydrogen-bond acceptors (Lipinski definition) is 1. The summed E-state index contributed by atoms with van der Waals surface area (Å²) in [5.41, 5.74) is 0. The lowest BCUT2D eigenvalue weighted by atomic mass is 9.94. The van der Waals surface area contributed by atoms with Crippen LogP contribution in [0.3, 0.4) is 0 Å². The first-order valence-electron chi connectivity index (χ1n) is 3.55. The molecule has 1 aliphatic carbocycles. The second kappa shape index (κ2) is 2.82. The summed E-state index contributed by atoms with van der Waals surface area (Å²) in [7, 11) is 1.58. The molecule has 1 fully saturated rings. The average Bonchev–Trinajstić information content (AvgIpc) is 1.88. The highest BCUT2D eigenvalue weighted by atomic mass is 19.3. The van der Waals surface area contributed by atoms with Crippen molar-refractivity contribution in [2.24, 2.45) is 0 Å². The fraction of sp³-hybridized carbons (Fsp3) is 1.00. The van der Waals surface area contributed by atoms with Crippen LogP contribution in [0.2, 0.25) is 0 Å². The van der Waals surface area contributed by atoms with E-state index in [0.29, 0.717) is 12.8 Å². The van der Waals surface area contributed by atoms with E-state index in [4.69, 9.17) is 4.74 Å². The van der Waals surface area contributed by atoms with Gasteiger partial charge in [0.1, 0.15) is 0 Å². The molecular weight excluding hydrogens is 138 g/mol. The van der Waals surface area contributed by atoms with Crippen LogP contribution in [0.25, 0.3) is 0 Å². The van der Waals surface area contributed by atoms with Gasteiger partial charge in [-0.1, -0.05) is 0 Å². The van der Waals surface area contributed by atoms with Gasteiger partial charge >= 0.3 is 0 Å². The number of hydrogen-bond donors (Lipinski definition) is 0. The molecule has 0 amide bonds. The predicted octanol–water partition coefficient (Wildman–Crippen LogP) is 2.21. The molecule has 0 spiro atoms. The molecule has 0 bridgehead atoms. The summed E-state index contributed by atoms with van der Waals surface area (Å²) >= 11 is 0. The van der Waals surface area contributed by atoms with Crippen molar-refractivity contribution >= 4 is 0 Å². The Morgan fingerprint density at radius 3 is 2.20 bits per heavy atom. The van der Waals surface area contributed by atoms with Crippen LogP contribution in [0, 0.1) is 0 Å². The van der Waals surface area contributed by atoms with Gasteiger partial charge < -0.3 is 4.74 Å². The van der Waals surface area contributed by atoms with Gasteiger partial charge in [0.2, 0.25) is 5.92 Å². The fourth-order valence-corrected chi connectivity index (χ4v) is 1.25. The van der Waals surface area contributed by atoms with Crippen LogP contribution in [0.4, 0.5) is 8.78 Å². The minimum atomic E-state index is -2.42. The highest BCUT2D eigenvalue weighted by molar-refractivity contribution is 4.77. The van der Waals surface area contributed by atoms with Crippen molar-refractivity contribution < 1.29 is 13.5 Å². The van der Waals surface area contributed by atoms with E-state index in [1.54, 1.807) is 7.11 Å². The van der Waals surface area contributed by atoms with Crippen molar-refractivity contribution in [2.75, 3.05) is 7.11 Å². The van der Waals surface area contributed by atoms with Crippen molar-refractivity contribution in [2.45, 2.75) is 37.7 Å². The third-order valence-corrected chi connectivity index (χ3v) is 2.00. The largest absolute Gasteiger partial charge is 0.381 e. The maximum atomic E-state index is 12.5. The Kier molecular flexibility index (Phi) is 2.24. The van der Waals surface area contributed by atoms with Crippen LogP contribution in [0.5, 0.6) is 0 Å². The molecule has 0 aliphatic heterocycles. The van der Waals surface area contributed by atoms with E-state index in [1.165, 1.54) is 0 Å². The summed E-state index contributed by atoms with van der Waals surface area (Å²) in [6.45, 7) is 0. The number of alkyl halides is 2. The zero-order valence-electron chi connectivity index (χ0n) is 6.07. The quantitative estimate of drug-likeness (QED) is 0.556. The lowest BCUT2D eigenvalue weighted by Gasteiger charge is -2.26. The SMILES string of the molecule is COC1CCC(F)(F)CC1. The first-order valence-corrected chi connectivity index (χ1v) is 3.55. The van der Waals surface area contributed by atoms with Gasteiger partial charge in [-0.2, -0.15) is 0 Å². The molecule has 0 aromatic carbocycles. The second-order valence-corrected chi connectivity index (χ2v) is 2.79. The first kappa shape index (κ1) is 7.92. The Morgan fingerprint density at radius 1 is 1.30 bits per heavy atom. The zero-order valence-corrected chi connectivity index (χ0v) is 6.07. The van der Waals surface area contributed by atoms with E-state index >= 15 is 0 Å². The summed E-state index contributed by atoms with van der Waals surface area (Å²) < 4.78 is 29.9. The highest BCUT2D eigenvalue weighted by Gasteiger charge is 2.34. The van der Waals surface area contributed by atoms with Gasteiger partial charge in [-0.15, -0.1) is 0 Å². The third kappa shape index (κ3) is 1.90. The van der Waals surface area contributed by atoms with E-state index in [0.717, 1.165) is 0 Å². The topological polar surface area (TPSA) is 9.23 Å². The third-order valence-electron chi connectivity index (χ3n) is 2.00. The summed E-state index contributed by atoms with van der Waals surface area (Å²) in [5, 5.41) is 0. The average molecular weight is 150 g/mol. The molecule has 0 unspecified atom stereocenters. The number of ether oxygens (including phenoxy) is 1. The maximum Gasteiger partial charge on any atom is 0.248 e. The van der Waals surface area contributed by atoms with Gasteiger partial charge in [-0.25, -0.2) is 8.78 Å². The molecule has 1 saturated carbocycles. The van der Waals surface area contributed by atoms with E-state index in [9.17, 15) is 8.78 Å². The van der Waals surface area contributed by atoms with Gasteiger partial charge in [0.15, 0.2) is 0 Å². The minimum Gasteiger partial charge on any atom is -0.381 e. The molecule has 1 aliphatic rings. The summed E-state index contributed by atoms with van der Waals surface area (Å²) in [4.78, 5) is 0. The fourth-order valence-electron chi connectivity index (χ4n) is 1.25. The lowest BCUT2D eigenvalue weighted by Crippen LogP contribution is -2.28. The molecule has 0 atom stereocenters. The molecule has 10 heavy (non-hydrogen) atoms. The Bertz CT molecular complexity index is 104. The van der Waals surface area contributed by atoms with E-state index < -0.39 is 5.92 Å². The van der Waals surface area contributed by atoms with Crippen molar-refractivity contribution in [3.63, 3.8) is 0 Å². The minimum absolute atomic E-state index is 0.00843. The lowest BCUT2D eigenvalue weighted by molar-refractivity contribution is -0.0714. The Hall–Kier alpha value is -0.180. The summed E-state index contributed by atoms with van der Waals surface area (Å²) in [6.07, 6.45) is 1.06. The van der Waals surface area contributed by atoms with Crippen LogP contribution in [0.1, 0.15) is 25.7 Å². The van der Waals surface area contributed by atoms with E-state index in [2.05, 4.69) is 0 Å². The van der Waals surface area contributed by atoms with Crippen LogP contribution in [-0.2, 0) is 4.74 Å². The van der Waals surface area contributed by atoms with Crippen molar-refractivity contribution in [3.05, 3.63) is 0 Å². The van der Waals surface area contributed by atoms with E-state index in [1.807, 2.05) is 0 Å². The predicted molar refractivity (Wildman–Crippen MR) is 34.2 cm³/mol. The van der Waals surface area contributed by atoms with Crippen LogP contribution in [0.15, 0.2) is 0 Å².